The van der Waals surface area contributed by atoms with Crippen LogP contribution in [0.4, 0.5) is 0 Å². The number of ketones is 1. The van der Waals surface area contributed by atoms with E-state index in [1.807, 2.05) is 49.4 Å². The Morgan fingerprint density at radius 1 is 1.07 bits per heavy atom. The van der Waals surface area contributed by atoms with Crippen LogP contribution in [0.1, 0.15) is 61.3 Å². The van der Waals surface area contributed by atoms with E-state index in [9.17, 15) is 4.79 Å². The molecule has 0 saturated carbocycles. The molecule has 3 heteroatoms. The summed E-state index contributed by atoms with van der Waals surface area (Å²) in [6.07, 6.45) is 5.28. The lowest BCUT2D eigenvalue weighted by Gasteiger charge is -2.19. The molecule has 0 saturated heterocycles. The van der Waals surface area contributed by atoms with Crippen LogP contribution in [0.3, 0.4) is 0 Å². The number of hydrogen-bond donors (Lipinski definition) is 1. The number of Topliss-reactive ketones (excluding diaryl/α,β-unsaturated/α-hetero) is 1. The molecule has 0 amide bonds. The van der Waals surface area contributed by atoms with Crippen molar-refractivity contribution in [3.63, 3.8) is 0 Å². The second-order valence-corrected chi connectivity index (χ2v) is 8.81. The number of benzene rings is 1. The van der Waals surface area contributed by atoms with Crippen LogP contribution in [-0.2, 0) is 12.8 Å². The molecular weight excluding hydrogens is 356 g/mol. The first-order valence-electron chi connectivity index (χ1n) is 10.0. The predicted octanol–water partition coefficient (Wildman–Crippen LogP) is 6.32. The molecule has 29 heavy (non-hydrogen) atoms. The average Bonchev–Trinajstić information content (AvgIpc) is 2.62. The van der Waals surface area contributed by atoms with Crippen molar-refractivity contribution in [2.24, 2.45) is 5.41 Å². The lowest BCUT2D eigenvalue weighted by Crippen LogP contribution is -2.09. The van der Waals surface area contributed by atoms with Gasteiger partial charge >= 0.3 is 0 Å². The fourth-order valence-corrected chi connectivity index (χ4v) is 2.84. The summed E-state index contributed by atoms with van der Waals surface area (Å²) in [6, 6.07) is 11.8. The number of aromatic nitrogens is 1. The Kier molecular flexibility index (Phi) is 7.44. The molecule has 0 spiro atoms. The molecule has 2 aromatic rings. The number of hydrogen-bond acceptors (Lipinski definition) is 3. The highest BCUT2D eigenvalue weighted by Crippen LogP contribution is 2.24. The first-order chi connectivity index (χ1) is 13.5. The summed E-state index contributed by atoms with van der Waals surface area (Å²) in [5.74, 6) is 0.0733. The van der Waals surface area contributed by atoms with Crippen molar-refractivity contribution in [1.82, 2.24) is 4.98 Å². The molecule has 0 fully saturated rings. The van der Waals surface area contributed by atoms with Crippen LogP contribution in [0.15, 0.2) is 66.4 Å². The second-order valence-electron chi connectivity index (χ2n) is 8.81. The van der Waals surface area contributed by atoms with Crippen LogP contribution in [0, 0.1) is 17.7 Å². The van der Waals surface area contributed by atoms with Gasteiger partial charge in [0.25, 0.3) is 0 Å². The van der Waals surface area contributed by atoms with Crippen molar-refractivity contribution < 1.29 is 4.79 Å². The molecule has 0 radical (unpaired) electrons. The van der Waals surface area contributed by atoms with E-state index in [0.717, 1.165) is 28.8 Å². The molecule has 0 aliphatic heterocycles. The van der Waals surface area contributed by atoms with E-state index >= 15 is 0 Å². The number of nitrogens with zero attached hydrogens (tertiary/aromatic N) is 1. The number of aryl methyl sites for hydroxylation is 1. The van der Waals surface area contributed by atoms with Gasteiger partial charge in [-0.3, -0.25) is 9.78 Å². The third-order valence-electron chi connectivity index (χ3n) is 5.09. The Hall–Kier alpha value is -2.81. The molecular formula is C26H32N2O. The van der Waals surface area contributed by atoms with E-state index in [1.54, 1.807) is 6.20 Å². The maximum absolute atomic E-state index is 12.4. The van der Waals surface area contributed by atoms with Crippen LogP contribution in [0.2, 0.25) is 0 Å². The molecule has 152 valence electrons. The Balaban J connectivity index is 1.91. The van der Waals surface area contributed by atoms with Crippen molar-refractivity contribution in [3.05, 3.63) is 88.8 Å². The molecule has 0 aliphatic carbocycles. The second kappa shape index (κ2) is 9.60. The number of nitrogens with one attached hydrogen (secondary N) is 1. The smallest absolute Gasteiger partial charge is 0.168 e. The fraction of sp³-hybridized carbons (Fsp3) is 0.346. The van der Waals surface area contributed by atoms with Gasteiger partial charge < -0.3 is 5.41 Å². The highest BCUT2D eigenvalue weighted by molar-refractivity contribution is 5.97. The van der Waals surface area contributed by atoms with E-state index < -0.39 is 0 Å². The van der Waals surface area contributed by atoms with Gasteiger partial charge in [-0.25, -0.2) is 0 Å². The molecule has 1 heterocycles. The van der Waals surface area contributed by atoms with E-state index in [4.69, 9.17) is 5.41 Å². The number of carbonyl (C=O) groups excluding carboxylic acids is 1. The Labute approximate surface area is 175 Å². The standard InChI is InChI=1S/C26H32N2O/c1-18(14-24(27)15-19(2)26(4,5)6)13-21-8-10-22(11-9-21)16-25(29)23-12-7-20(3)28-17-23/h7-12,15,17,27H,1,13-14,16H2,2-6H3/b19-15+,27-24?. The molecule has 0 atom stereocenters. The SMILES string of the molecule is C=C(CC(=N)/C=C(\C)C(C)(C)C)Cc1ccc(CC(=O)c2ccc(C)nc2)cc1. The zero-order valence-corrected chi connectivity index (χ0v) is 18.3. The molecule has 0 aliphatic rings. The summed E-state index contributed by atoms with van der Waals surface area (Å²) >= 11 is 0. The number of allylic oxidation sites excluding steroid dienone is 3. The minimum atomic E-state index is 0.0733. The molecule has 0 bridgehead atoms. The van der Waals surface area contributed by atoms with Crippen LogP contribution in [-0.4, -0.2) is 16.5 Å². The highest BCUT2D eigenvalue weighted by atomic mass is 16.1. The van der Waals surface area contributed by atoms with Gasteiger partial charge in [0.2, 0.25) is 0 Å². The predicted molar refractivity (Wildman–Crippen MR) is 122 cm³/mol. The minimum absolute atomic E-state index is 0.0733. The number of rotatable bonds is 8. The monoisotopic (exact) mass is 388 g/mol. The lowest BCUT2D eigenvalue weighted by atomic mass is 9.86. The zero-order chi connectivity index (χ0) is 21.6. The van der Waals surface area contributed by atoms with Crippen molar-refractivity contribution in [2.45, 2.75) is 53.9 Å². The van der Waals surface area contributed by atoms with Crippen LogP contribution in [0.5, 0.6) is 0 Å². The van der Waals surface area contributed by atoms with E-state index in [0.29, 0.717) is 24.1 Å². The normalized spacial score (nSPS) is 12.0. The first-order valence-corrected chi connectivity index (χ1v) is 10.0. The summed E-state index contributed by atoms with van der Waals surface area (Å²) in [5.41, 5.74) is 6.57. The molecule has 3 nitrogen and oxygen atoms in total. The Morgan fingerprint density at radius 3 is 2.17 bits per heavy atom. The Morgan fingerprint density at radius 2 is 1.66 bits per heavy atom. The van der Waals surface area contributed by atoms with Gasteiger partial charge in [0, 0.05) is 36.0 Å². The van der Waals surface area contributed by atoms with E-state index in [-0.39, 0.29) is 11.2 Å². The third kappa shape index (κ3) is 7.26. The number of pyridine rings is 1. The van der Waals surface area contributed by atoms with Crippen LogP contribution in [0.25, 0.3) is 0 Å². The van der Waals surface area contributed by atoms with Crippen molar-refractivity contribution >= 4 is 11.5 Å². The third-order valence-corrected chi connectivity index (χ3v) is 5.09. The maximum atomic E-state index is 12.4. The summed E-state index contributed by atoms with van der Waals surface area (Å²) in [6.45, 7) is 14.6. The highest BCUT2D eigenvalue weighted by Gasteiger charge is 2.13. The maximum Gasteiger partial charge on any atom is 0.168 e. The van der Waals surface area contributed by atoms with E-state index in [2.05, 4.69) is 39.3 Å². The largest absolute Gasteiger partial charge is 0.305 e. The fourth-order valence-electron chi connectivity index (χ4n) is 2.84. The van der Waals surface area contributed by atoms with Gasteiger partial charge in [-0.1, -0.05) is 62.8 Å². The van der Waals surface area contributed by atoms with Gasteiger partial charge in [-0.05, 0) is 55.0 Å². The lowest BCUT2D eigenvalue weighted by molar-refractivity contribution is 0.0992. The molecule has 1 aromatic carbocycles. The molecule has 0 unspecified atom stereocenters. The van der Waals surface area contributed by atoms with Crippen molar-refractivity contribution in [3.8, 4) is 0 Å². The molecule has 2 rings (SSSR count). The quantitative estimate of drug-likeness (QED) is 0.327. The zero-order valence-electron chi connectivity index (χ0n) is 18.3. The molecule has 1 N–H and O–H groups in total. The minimum Gasteiger partial charge on any atom is -0.305 e. The first kappa shape index (κ1) is 22.5. The van der Waals surface area contributed by atoms with Gasteiger partial charge in [0.15, 0.2) is 5.78 Å². The van der Waals surface area contributed by atoms with Gasteiger partial charge in [0.1, 0.15) is 0 Å². The van der Waals surface area contributed by atoms with Gasteiger partial charge in [-0.15, -0.1) is 0 Å². The summed E-state index contributed by atoms with van der Waals surface area (Å²) in [7, 11) is 0. The van der Waals surface area contributed by atoms with Crippen molar-refractivity contribution in [1.29, 1.82) is 5.41 Å². The Bertz CT molecular complexity index is 911. The summed E-state index contributed by atoms with van der Waals surface area (Å²) in [4.78, 5) is 16.6. The van der Waals surface area contributed by atoms with Gasteiger partial charge in [0.05, 0.1) is 0 Å². The topological polar surface area (TPSA) is 53.8 Å². The van der Waals surface area contributed by atoms with Crippen LogP contribution < -0.4 is 0 Å². The van der Waals surface area contributed by atoms with Gasteiger partial charge in [-0.2, -0.15) is 0 Å². The molecule has 1 aromatic heterocycles. The van der Waals surface area contributed by atoms with E-state index in [1.165, 1.54) is 5.57 Å². The van der Waals surface area contributed by atoms with Crippen molar-refractivity contribution in [2.75, 3.05) is 0 Å². The average molecular weight is 389 g/mol. The summed E-state index contributed by atoms with van der Waals surface area (Å²) in [5, 5.41) is 8.22. The van der Waals surface area contributed by atoms with Crippen LogP contribution >= 0.6 is 0 Å². The summed E-state index contributed by atoms with van der Waals surface area (Å²) < 4.78 is 0. The number of carbonyl (C=O) groups is 1.